The van der Waals surface area contributed by atoms with Gasteiger partial charge in [-0.05, 0) is 41.8 Å². The summed E-state index contributed by atoms with van der Waals surface area (Å²) in [5.74, 6) is 0.820. The Balaban J connectivity index is 1.97. The average Bonchev–Trinajstić information content (AvgIpc) is 2.75. The number of amides is 1. The van der Waals surface area contributed by atoms with Gasteiger partial charge in [-0.1, -0.05) is 34.1 Å². The molecule has 3 rings (SSSR count). The summed E-state index contributed by atoms with van der Waals surface area (Å²) >= 11 is 3.56. The number of hydrogen-bond acceptors (Lipinski definition) is 2. The van der Waals surface area contributed by atoms with Crippen LogP contribution in [0.3, 0.4) is 0 Å². The maximum atomic E-state index is 12.5. The molecular weight excluding hydrogens is 330 g/mol. The van der Waals surface area contributed by atoms with Crippen molar-refractivity contribution in [1.29, 1.82) is 0 Å². The monoisotopic (exact) mass is 345 g/mol. The van der Waals surface area contributed by atoms with Crippen LogP contribution in [0.15, 0.2) is 46.9 Å². The second-order valence-electron chi connectivity index (χ2n) is 5.17. The second kappa shape index (κ2) is 5.53. The van der Waals surface area contributed by atoms with Crippen LogP contribution in [0.1, 0.15) is 17.0 Å². The molecule has 2 aromatic rings. The predicted octanol–water partition coefficient (Wildman–Crippen LogP) is 3.76. The zero-order valence-corrected chi connectivity index (χ0v) is 13.6. The van der Waals surface area contributed by atoms with Gasteiger partial charge in [0.05, 0.1) is 13.0 Å². The van der Waals surface area contributed by atoms with Gasteiger partial charge in [0.1, 0.15) is 5.75 Å². The lowest BCUT2D eigenvalue weighted by atomic mass is 9.93. The Labute approximate surface area is 132 Å². The lowest BCUT2D eigenvalue weighted by Crippen LogP contribution is -2.24. The van der Waals surface area contributed by atoms with Gasteiger partial charge >= 0.3 is 0 Å². The van der Waals surface area contributed by atoms with E-state index < -0.39 is 0 Å². The lowest BCUT2D eigenvalue weighted by molar-refractivity contribution is -0.119. The lowest BCUT2D eigenvalue weighted by Gasteiger charge is -2.13. The van der Waals surface area contributed by atoms with Crippen LogP contribution in [0.25, 0.3) is 0 Å². The average molecular weight is 346 g/mol. The smallest absolute Gasteiger partial charge is 0.234 e. The Morgan fingerprint density at radius 2 is 2.00 bits per heavy atom. The Bertz CT molecular complexity index is 699. The van der Waals surface area contributed by atoms with E-state index in [1.165, 1.54) is 0 Å². The van der Waals surface area contributed by atoms with E-state index in [1.54, 1.807) is 12.0 Å². The van der Waals surface area contributed by atoms with Crippen LogP contribution in [-0.2, 0) is 11.2 Å². The van der Waals surface area contributed by atoms with E-state index in [4.69, 9.17) is 4.74 Å². The summed E-state index contributed by atoms with van der Waals surface area (Å²) < 4.78 is 6.28. The molecule has 1 atom stereocenters. The highest BCUT2D eigenvalue weighted by Crippen LogP contribution is 2.39. The molecule has 0 aromatic heterocycles. The molecule has 108 valence electrons. The van der Waals surface area contributed by atoms with Crippen molar-refractivity contribution in [2.75, 3.05) is 19.1 Å². The summed E-state index contributed by atoms with van der Waals surface area (Å²) in [6.07, 6.45) is 0.665. The van der Waals surface area contributed by atoms with Crippen LogP contribution in [-0.4, -0.2) is 20.1 Å². The first-order valence-corrected chi connectivity index (χ1v) is 7.60. The number of fused-ring (bicyclic) bond motifs is 1. The third-order valence-electron chi connectivity index (χ3n) is 3.98. The molecule has 0 fully saturated rings. The molecule has 1 aliphatic heterocycles. The van der Waals surface area contributed by atoms with Crippen molar-refractivity contribution in [3.63, 3.8) is 0 Å². The fourth-order valence-electron chi connectivity index (χ4n) is 2.82. The van der Waals surface area contributed by atoms with Crippen molar-refractivity contribution in [3.8, 4) is 5.75 Å². The van der Waals surface area contributed by atoms with Gasteiger partial charge in [-0.25, -0.2) is 0 Å². The van der Waals surface area contributed by atoms with Crippen molar-refractivity contribution in [2.45, 2.75) is 12.3 Å². The Kier molecular flexibility index (Phi) is 3.72. The molecule has 0 spiro atoms. The Hall–Kier alpha value is -1.81. The van der Waals surface area contributed by atoms with Gasteiger partial charge in [-0.2, -0.15) is 0 Å². The summed E-state index contributed by atoms with van der Waals surface area (Å²) in [5.41, 5.74) is 3.18. The molecule has 2 aromatic carbocycles. The second-order valence-corrected chi connectivity index (χ2v) is 6.02. The molecule has 0 saturated heterocycles. The van der Waals surface area contributed by atoms with Crippen molar-refractivity contribution in [2.24, 2.45) is 0 Å². The van der Waals surface area contributed by atoms with Gasteiger partial charge in [0, 0.05) is 17.2 Å². The standard InChI is InChI=1S/C17H16BrNO2/c1-19-16-6-4-3-5-13(16)14(17(19)20)10-11-9-12(21-2)7-8-15(11)18/h3-9,14H,10H2,1-2H3/t14-/m1/s1. The zero-order valence-electron chi connectivity index (χ0n) is 12.0. The number of likely N-dealkylation sites (N-methyl/N-ethyl adjacent to an activating group) is 1. The first-order valence-electron chi connectivity index (χ1n) is 6.80. The Morgan fingerprint density at radius 3 is 2.76 bits per heavy atom. The zero-order chi connectivity index (χ0) is 15.0. The van der Waals surface area contributed by atoms with Crippen LogP contribution in [0, 0.1) is 0 Å². The molecular formula is C17H16BrNO2. The maximum Gasteiger partial charge on any atom is 0.234 e. The molecule has 0 saturated carbocycles. The molecule has 0 radical (unpaired) electrons. The minimum absolute atomic E-state index is 0.130. The van der Waals surface area contributed by atoms with Crippen LogP contribution in [0.5, 0.6) is 5.75 Å². The van der Waals surface area contributed by atoms with Crippen LogP contribution < -0.4 is 9.64 Å². The van der Waals surface area contributed by atoms with Crippen LogP contribution in [0.2, 0.25) is 0 Å². The van der Waals surface area contributed by atoms with E-state index in [0.717, 1.165) is 27.0 Å². The molecule has 3 nitrogen and oxygen atoms in total. The quantitative estimate of drug-likeness (QED) is 0.847. The van der Waals surface area contributed by atoms with E-state index >= 15 is 0 Å². The molecule has 0 N–H and O–H groups in total. The number of nitrogens with zero attached hydrogens (tertiary/aromatic N) is 1. The van der Waals surface area contributed by atoms with Gasteiger partial charge in [0.25, 0.3) is 0 Å². The number of carbonyl (C=O) groups is 1. The number of carbonyl (C=O) groups excluding carboxylic acids is 1. The Morgan fingerprint density at radius 1 is 1.24 bits per heavy atom. The largest absolute Gasteiger partial charge is 0.497 e. The molecule has 21 heavy (non-hydrogen) atoms. The van der Waals surface area contributed by atoms with Gasteiger partial charge in [0.15, 0.2) is 0 Å². The van der Waals surface area contributed by atoms with Gasteiger partial charge in [0.2, 0.25) is 5.91 Å². The normalized spacial score (nSPS) is 17.0. The highest BCUT2D eigenvalue weighted by atomic mass is 79.9. The van der Waals surface area contributed by atoms with Crippen molar-refractivity contribution in [3.05, 3.63) is 58.1 Å². The molecule has 0 unspecified atom stereocenters. The van der Waals surface area contributed by atoms with Crippen molar-refractivity contribution < 1.29 is 9.53 Å². The van der Waals surface area contributed by atoms with Crippen molar-refractivity contribution in [1.82, 2.24) is 0 Å². The van der Waals surface area contributed by atoms with Crippen LogP contribution in [0.4, 0.5) is 5.69 Å². The number of para-hydroxylation sites is 1. The van der Waals surface area contributed by atoms with Gasteiger partial charge in [-0.15, -0.1) is 0 Å². The number of benzene rings is 2. The minimum atomic E-state index is -0.130. The van der Waals surface area contributed by atoms with Gasteiger partial charge < -0.3 is 9.64 Å². The minimum Gasteiger partial charge on any atom is -0.497 e. The number of methoxy groups -OCH3 is 1. The molecule has 1 heterocycles. The first-order chi connectivity index (χ1) is 10.1. The fraction of sp³-hybridized carbons (Fsp3) is 0.235. The predicted molar refractivity (Wildman–Crippen MR) is 87.0 cm³/mol. The summed E-state index contributed by atoms with van der Waals surface area (Å²) in [5, 5.41) is 0. The van der Waals surface area contributed by atoms with Crippen LogP contribution >= 0.6 is 15.9 Å². The van der Waals surface area contributed by atoms with E-state index in [1.807, 2.05) is 49.5 Å². The van der Waals surface area contributed by atoms with E-state index in [2.05, 4.69) is 15.9 Å². The molecule has 0 bridgehead atoms. The highest BCUT2D eigenvalue weighted by molar-refractivity contribution is 9.10. The van der Waals surface area contributed by atoms with Gasteiger partial charge in [-0.3, -0.25) is 4.79 Å². The third-order valence-corrected chi connectivity index (χ3v) is 4.75. The van der Waals surface area contributed by atoms with Crippen molar-refractivity contribution >= 4 is 27.5 Å². The molecule has 1 aliphatic rings. The third kappa shape index (κ3) is 2.44. The summed E-state index contributed by atoms with van der Waals surface area (Å²) in [6.45, 7) is 0. The molecule has 4 heteroatoms. The highest BCUT2D eigenvalue weighted by Gasteiger charge is 2.35. The van der Waals surface area contributed by atoms with E-state index in [9.17, 15) is 4.79 Å². The first kappa shape index (κ1) is 14.1. The molecule has 1 amide bonds. The number of anilines is 1. The molecule has 0 aliphatic carbocycles. The number of rotatable bonds is 3. The summed E-state index contributed by atoms with van der Waals surface area (Å²) in [4.78, 5) is 14.3. The fourth-order valence-corrected chi connectivity index (χ4v) is 3.23. The summed E-state index contributed by atoms with van der Waals surface area (Å²) in [7, 11) is 3.48. The number of hydrogen-bond donors (Lipinski definition) is 0. The van der Waals surface area contributed by atoms with E-state index in [0.29, 0.717) is 6.42 Å². The van der Waals surface area contributed by atoms with E-state index in [-0.39, 0.29) is 11.8 Å². The maximum absolute atomic E-state index is 12.5. The SMILES string of the molecule is COc1ccc(Br)c(C[C@H]2C(=O)N(C)c3ccccc32)c1. The number of ether oxygens (including phenoxy) is 1. The topological polar surface area (TPSA) is 29.5 Å². The summed E-state index contributed by atoms with van der Waals surface area (Å²) in [6, 6.07) is 13.8. The number of halogens is 1.